The molecule has 0 aliphatic carbocycles. The number of aromatic nitrogens is 3. The van der Waals surface area contributed by atoms with Crippen LogP contribution in [0.1, 0.15) is 5.56 Å². The number of H-pyrrole nitrogens is 2. The highest BCUT2D eigenvalue weighted by Crippen LogP contribution is 2.45. The van der Waals surface area contributed by atoms with Crippen molar-refractivity contribution in [2.45, 2.75) is 6.92 Å². The van der Waals surface area contributed by atoms with E-state index in [0.29, 0.717) is 33.5 Å². The largest absolute Gasteiger partial charge is 0.502 e. The number of furan rings is 1. The summed E-state index contributed by atoms with van der Waals surface area (Å²) in [6.45, 7) is 1.74. The quantitative estimate of drug-likeness (QED) is 0.431. The molecule has 0 bridgehead atoms. The molecule has 0 spiro atoms. The molecule has 0 unspecified atom stereocenters. The molecular formula is C21H17N3O5. The Morgan fingerprint density at radius 1 is 1.07 bits per heavy atom. The van der Waals surface area contributed by atoms with Crippen LogP contribution in [0, 0.1) is 6.92 Å². The maximum atomic E-state index is 12.1. The van der Waals surface area contributed by atoms with Gasteiger partial charge in [-0.05, 0) is 36.8 Å². The number of phenols is 1. The summed E-state index contributed by atoms with van der Waals surface area (Å²) in [4.78, 5) is 16.8. The van der Waals surface area contributed by atoms with E-state index in [1.165, 1.54) is 20.3 Å². The molecule has 0 radical (unpaired) electrons. The molecular weight excluding hydrogens is 374 g/mol. The van der Waals surface area contributed by atoms with Crippen LogP contribution in [0.3, 0.4) is 0 Å². The Bertz CT molecular complexity index is 1450. The monoisotopic (exact) mass is 391 g/mol. The molecule has 146 valence electrons. The Morgan fingerprint density at radius 2 is 1.79 bits per heavy atom. The summed E-state index contributed by atoms with van der Waals surface area (Å²) in [6, 6.07) is 6.66. The average Bonchev–Trinajstić information content (AvgIpc) is 3.34. The van der Waals surface area contributed by atoms with E-state index in [2.05, 4.69) is 10.2 Å². The van der Waals surface area contributed by atoms with Crippen molar-refractivity contribution in [2.24, 2.45) is 0 Å². The third kappa shape index (κ3) is 2.32. The first kappa shape index (κ1) is 17.2. The number of pyridine rings is 1. The maximum Gasteiger partial charge on any atom is 0.200 e. The molecule has 3 N–H and O–H groups in total. The van der Waals surface area contributed by atoms with Crippen LogP contribution in [0.4, 0.5) is 0 Å². The van der Waals surface area contributed by atoms with Gasteiger partial charge in [-0.2, -0.15) is 0 Å². The fourth-order valence-corrected chi connectivity index (χ4v) is 3.69. The first-order chi connectivity index (χ1) is 14.0. The number of rotatable bonds is 3. The third-order valence-electron chi connectivity index (χ3n) is 5.18. The zero-order valence-corrected chi connectivity index (χ0v) is 15.9. The van der Waals surface area contributed by atoms with E-state index in [1.54, 1.807) is 31.3 Å². The van der Waals surface area contributed by atoms with Gasteiger partial charge in [0.05, 0.1) is 14.2 Å². The molecule has 8 heteroatoms. The number of nitrogens with zero attached hydrogens (tertiary/aromatic N) is 1. The number of aromatic hydroxyl groups is 1. The van der Waals surface area contributed by atoms with Crippen molar-refractivity contribution in [3.05, 3.63) is 46.2 Å². The Balaban J connectivity index is 1.98. The van der Waals surface area contributed by atoms with Crippen LogP contribution < -0.4 is 14.9 Å². The first-order valence-corrected chi connectivity index (χ1v) is 8.90. The summed E-state index contributed by atoms with van der Waals surface area (Å²) in [5, 5.41) is 17.8. The van der Waals surface area contributed by atoms with Crippen molar-refractivity contribution in [3.63, 3.8) is 0 Å². The molecule has 8 nitrogen and oxygen atoms in total. The summed E-state index contributed by atoms with van der Waals surface area (Å²) in [7, 11) is 2.95. The molecule has 0 amide bonds. The highest BCUT2D eigenvalue weighted by Gasteiger charge is 2.22. The van der Waals surface area contributed by atoms with Crippen molar-refractivity contribution in [2.75, 3.05) is 14.2 Å². The lowest BCUT2D eigenvalue weighted by Crippen LogP contribution is -2.01. The van der Waals surface area contributed by atoms with Crippen LogP contribution in [-0.2, 0) is 0 Å². The zero-order valence-electron chi connectivity index (χ0n) is 15.9. The van der Waals surface area contributed by atoms with Crippen molar-refractivity contribution in [1.82, 2.24) is 15.2 Å². The summed E-state index contributed by atoms with van der Waals surface area (Å²) >= 11 is 0. The number of hydrogen-bond donors (Lipinski definition) is 3. The van der Waals surface area contributed by atoms with Crippen LogP contribution in [0.5, 0.6) is 17.2 Å². The first-order valence-electron chi connectivity index (χ1n) is 8.90. The zero-order chi connectivity index (χ0) is 20.3. The topological polar surface area (TPSA) is 113 Å². The van der Waals surface area contributed by atoms with E-state index in [1.807, 2.05) is 0 Å². The van der Waals surface area contributed by atoms with Gasteiger partial charge >= 0.3 is 0 Å². The smallest absolute Gasteiger partial charge is 0.200 e. The second-order valence-corrected chi connectivity index (χ2v) is 6.74. The number of nitrogens with one attached hydrogen (secondary N) is 2. The highest BCUT2D eigenvalue weighted by molar-refractivity contribution is 6.14. The molecule has 3 aromatic heterocycles. The van der Waals surface area contributed by atoms with E-state index < -0.39 is 0 Å². The molecule has 0 saturated heterocycles. The Labute approximate surface area is 163 Å². The minimum absolute atomic E-state index is 0.0858. The van der Waals surface area contributed by atoms with Gasteiger partial charge in [0.15, 0.2) is 28.2 Å². The fraction of sp³-hybridized carbons (Fsp3) is 0.143. The van der Waals surface area contributed by atoms with Gasteiger partial charge in [0, 0.05) is 28.1 Å². The number of fused-ring (bicyclic) bond motifs is 4. The molecule has 0 aliphatic heterocycles. The summed E-state index contributed by atoms with van der Waals surface area (Å²) in [6.07, 6.45) is 1.78. The number of phenolic OH excluding ortho intramolecular Hbond substituents is 1. The van der Waals surface area contributed by atoms with Crippen LogP contribution in [-0.4, -0.2) is 34.5 Å². The second-order valence-electron chi connectivity index (χ2n) is 6.74. The van der Waals surface area contributed by atoms with Crippen LogP contribution in [0.25, 0.3) is 44.2 Å². The third-order valence-corrected chi connectivity index (χ3v) is 5.18. The van der Waals surface area contributed by atoms with E-state index in [9.17, 15) is 9.90 Å². The van der Waals surface area contributed by atoms with Crippen molar-refractivity contribution in [1.29, 1.82) is 0 Å². The molecule has 3 heterocycles. The standard InChI is InChI=1S/C21H17N3O5/c1-9-13(25)5-4-11-17-20(29-19(9)11)16(12-8-22-24-21(12)23-17)10-6-14(27-2)18(26)15(7-10)28-3/h4-8,26H,1-3H3,(H2,22,23,24). The van der Waals surface area contributed by atoms with Crippen LogP contribution in [0.2, 0.25) is 0 Å². The summed E-state index contributed by atoms with van der Waals surface area (Å²) in [5.41, 5.74) is 4.19. The summed E-state index contributed by atoms with van der Waals surface area (Å²) < 4.78 is 16.8. The number of methoxy groups -OCH3 is 2. The van der Waals surface area contributed by atoms with Gasteiger partial charge < -0.3 is 24.1 Å². The van der Waals surface area contributed by atoms with Gasteiger partial charge in [0.2, 0.25) is 5.75 Å². The van der Waals surface area contributed by atoms with Gasteiger partial charge in [-0.25, -0.2) is 4.98 Å². The molecule has 5 rings (SSSR count). The van der Waals surface area contributed by atoms with Crippen molar-refractivity contribution in [3.8, 4) is 28.4 Å². The molecule has 0 saturated carbocycles. The van der Waals surface area contributed by atoms with Crippen molar-refractivity contribution < 1.29 is 19.0 Å². The Morgan fingerprint density at radius 3 is 2.48 bits per heavy atom. The van der Waals surface area contributed by atoms with Crippen LogP contribution in [0.15, 0.2) is 39.7 Å². The molecule has 2 aromatic carbocycles. The normalized spacial score (nSPS) is 11.6. The van der Waals surface area contributed by atoms with Gasteiger partial charge in [-0.15, -0.1) is 0 Å². The number of aryl methyl sites for hydroxylation is 1. The maximum absolute atomic E-state index is 12.1. The predicted molar refractivity (Wildman–Crippen MR) is 109 cm³/mol. The number of benzene rings is 2. The molecule has 0 aliphatic rings. The lowest BCUT2D eigenvalue weighted by Gasteiger charge is -2.12. The van der Waals surface area contributed by atoms with Crippen molar-refractivity contribution >= 4 is 33.1 Å². The Kier molecular flexibility index (Phi) is 3.57. The molecule has 5 aromatic rings. The molecule has 0 atom stereocenters. The van der Waals surface area contributed by atoms with Gasteiger partial charge in [-0.3, -0.25) is 9.89 Å². The Hall–Kier alpha value is -3.94. The lowest BCUT2D eigenvalue weighted by molar-refractivity contribution is 0.340. The van der Waals surface area contributed by atoms with E-state index in [4.69, 9.17) is 18.9 Å². The SMILES string of the molecule is COc1cc(-c2c3c[nH][nH]c3nc3c2oc2c(C)c(=O)ccc23)cc(OC)c1O. The molecule has 29 heavy (non-hydrogen) atoms. The van der Waals surface area contributed by atoms with Gasteiger partial charge in [0.1, 0.15) is 11.1 Å². The second kappa shape index (κ2) is 6.03. The van der Waals surface area contributed by atoms with E-state index in [-0.39, 0.29) is 22.7 Å². The predicted octanol–water partition coefficient (Wildman–Crippen LogP) is 3.85. The minimum Gasteiger partial charge on any atom is -0.502 e. The van der Waals surface area contributed by atoms with Gasteiger partial charge in [0.25, 0.3) is 0 Å². The van der Waals surface area contributed by atoms with E-state index >= 15 is 0 Å². The number of hydrogen-bond acceptors (Lipinski definition) is 6. The minimum atomic E-state index is -0.0926. The number of ether oxygens (including phenoxy) is 2. The van der Waals surface area contributed by atoms with E-state index in [0.717, 1.165) is 16.3 Å². The molecule has 0 fully saturated rings. The van der Waals surface area contributed by atoms with Crippen LogP contribution >= 0.6 is 0 Å². The highest BCUT2D eigenvalue weighted by atomic mass is 16.5. The fourth-order valence-electron chi connectivity index (χ4n) is 3.69. The lowest BCUT2D eigenvalue weighted by atomic mass is 10.0. The van der Waals surface area contributed by atoms with Gasteiger partial charge in [-0.1, -0.05) is 0 Å². The summed E-state index contributed by atoms with van der Waals surface area (Å²) in [5.74, 6) is 0.453. The average molecular weight is 391 g/mol. The number of aromatic amines is 2.